The van der Waals surface area contributed by atoms with E-state index in [1.807, 2.05) is 18.2 Å². The minimum Gasteiger partial charge on any atom is -0.308 e. The highest BCUT2D eigenvalue weighted by atomic mass is 79.9. The van der Waals surface area contributed by atoms with E-state index in [9.17, 15) is 4.39 Å². The lowest BCUT2D eigenvalue weighted by Gasteiger charge is -2.18. The van der Waals surface area contributed by atoms with Gasteiger partial charge in [0.2, 0.25) is 0 Å². The third-order valence-electron chi connectivity index (χ3n) is 3.17. The van der Waals surface area contributed by atoms with Crippen LogP contribution in [0.1, 0.15) is 30.6 Å². The zero-order valence-electron chi connectivity index (χ0n) is 11.7. The molecule has 0 saturated heterocycles. The maximum atomic E-state index is 13.3. The molecule has 0 bridgehead atoms. The average Bonchev–Trinajstić information content (AvgIpc) is 2.48. The van der Waals surface area contributed by atoms with Crippen LogP contribution in [0.3, 0.4) is 0 Å². The second kappa shape index (κ2) is 7.87. The van der Waals surface area contributed by atoms with Crippen molar-refractivity contribution in [1.82, 2.24) is 10.3 Å². The largest absolute Gasteiger partial charge is 0.308 e. The monoisotopic (exact) mass is 370 g/mol. The van der Waals surface area contributed by atoms with E-state index in [0.717, 1.165) is 30.6 Å². The summed E-state index contributed by atoms with van der Waals surface area (Å²) in [6, 6.07) is 8.94. The number of hydrogen-bond acceptors (Lipinski definition) is 2. The van der Waals surface area contributed by atoms with Gasteiger partial charge in [-0.25, -0.2) is 4.39 Å². The van der Waals surface area contributed by atoms with Crippen LogP contribution in [0.4, 0.5) is 4.39 Å². The number of halogens is 3. The first-order valence-electron chi connectivity index (χ1n) is 6.89. The van der Waals surface area contributed by atoms with Gasteiger partial charge >= 0.3 is 0 Å². The van der Waals surface area contributed by atoms with E-state index in [1.54, 1.807) is 12.3 Å². The summed E-state index contributed by atoms with van der Waals surface area (Å²) in [6.45, 7) is 3.02. The van der Waals surface area contributed by atoms with Crippen molar-refractivity contribution in [3.8, 4) is 0 Å². The highest BCUT2D eigenvalue weighted by Crippen LogP contribution is 2.22. The van der Waals surface area contributed by atoms with Crippen molar-refractivity contribution in [2.45, 2.75) is 25.8 Å². The summed E-state index contributed by atoms with van der Waals surface area (Å²) < 4.78 is 13.8. The van der Waals surface area contributed by atoms with Crippen LogP contribution in [-0.4, -0.2) is 11.5 Å². The van der Waals surface area contributed by atoms with Crippen molar-refractivity contribution in [3.05, 3.63) is 63.1 Å². The highest BCUT2D eigenvalue weighted by Gasteiger charge is 2.14. The van der Waals surface area contributed by atoms with Crippen LogP contribution in [-0.2, 0) is 6.42 Å². The molecule has 0 aliphatic rings. The van der Waals surface area contributed by atoms with E-state index in [0.29, 0.717) is 9.50 Å². The molecule has 0 aliphatic carbocycles. The highest BCUT2D eigenvalue weighted by molar-refractivity contribution is 9.10. The number of aromatic nitrogens is 1. The van der Waals surface area contributed by atoms with Crippen molar-refractivity contribution in [2.24, 2.45) is 0 Å². The van der Waals surface area contributed by atoms with Gasteiger partial charge in [-0.2, -0.15) is 0 Å². The Labute approximate surface area is 137 Å². The van der Waals surface area contributed by atoms with E-state index in [1.165, 1.54) is 6.07 Å². The van der Waals surface area contributed by atoms with Gasteiger partial charge in [0, 0.05) is 6.20 Å². The van der Waals surface area contributed by atoms with Crippen LogP contribution < -0.4 is 5.32 Å². The van der Waals surface area contributed by atoms with Crippen molar-refractivity contribution in [3.63, 3.8) is 0 Å². The van der Waals surface area contributed by atoms with Crippen LogP contribution in [0.5, 0.6) is 0 Å². The molecule has 112 valence electrons. The molecule has 5 heteroatoms. The van der Waals surface area contributed by atoms with E-state index in [4.69, 9.17) is 11.6 Å². The molecule has 0 fully saturated rings. The Morgan fingerprint density at radius 1 is 1.33 bits per heavy atom. The molecular weight excluding hydrogens is 355 g/mol. The number of nitrogens with zero attached hydrogens (tertiary/aromatic N) is 1. The molecule has 0 saturated carbocycles. The van der Waals surface area contributed by atoms with E-state index in [2.05, 4.69) is 33.2 Å². The van der Waals surface area contributed by atoms with Crippen LogP contribution in [0.2, 0.25) is 5.02 Å². The first-order valence-corrected chi connectivity index (χ1v) is 8.06. The normalized spacial score (nSPS) is 12.4. The number of pyridine rings is 1. The van der Waals surface area contributed by atoms with Crippen molar-refractivity contribution in [2.75, 3.05) is 6.54 Å². The Hall–Kier alpha value is -0.970. The quantitative estimate of drug-likeness (QED) is 0.779. The molecule has 2 rings (SSSR count). The first kappa shape index (κ1) is 16.4. The van der Waals surface area contributed by atoms with Gasteiger partial charge in [-0.15, -0.1) is 0 Å². The molecule has 1 atom stereocenters. The minimum atomic E-state index is -0.249. The SMILES string of the molecule is CCCNC(Cc1ccc(F)c(Br)c1)c1ccc(Cl)cn1. The summed E-state index contributed by atoms with van der Waals surface area (Å²) in [6.07, 6.45) is 3.43. The summed E-state index contributed by atoms with van der Waals surface area (Å²) >= 11 is 9.11. The van der Waals surface area contributed by atoms with Crippen LogP contribution >= 0.6 is 27.5 Å². The van der Waals surface area contributed by atoms with Gasteiger partial charge in [-0.05, 0) is 65.1 Å². The minimum absolute atomic E-state index is 0.0829. The predicted molar refractivity (Wildman–Crippen MR) is 88.1 cm³/mol. The number of nitrogens with one attached hydrogen (secondary N) is 1. The van der Waals surface area contributed by atoms with E-state index in [-0.39, 0.29) is 11.9 Å². The number of hydrogen-bond donors (Lipinski definition) is 1. The van der Waals surface area contributed by atoms with Crippen molar-refractivity contribution >= 4 is 27.5 Å². The molecular formula is C16H17BrClFN2. The molecule has 0 aliphatic heterocycles. The third kappa shape index (κ3) is 4.77. The van der Waals surface area contributed by atoms with Gasteiger partial charge in [0.25, 0.3) is 0 Å². The van der Waals surface area contributed by atoms with E-state index >= 15 is 0 Å². The van der Waals surface area contributed by atoms with Crippen LogP contribution in [0.25, 0.3) is 0 Å². The molecule has 2 aromatic rings. The predicted octanol–water partition coefficient (Wildman–Crippen LogP) is 4.92. The zero-order valence-corrected chi connectivity index (χ0v) is 14.1. The van der Waals surface area contributed by atoms with Gasteiger partial charge in [-0.3, -0.25) is 4.98 Å². The Bertz CT molecular complexity index is 589. The molecule has 1 N–H and O–H groups in total. The molecule has 21 heavy (non-hydrogen) atoms. The molecule has 0 radical (unpaired) electrons. The lowest BCUT2D eigenvalue weighted by Crippen LogP contribution is -2.25. The topological polar surface area (TPSA) is 24.9 Å². The summed E-state index contributed by atoms with van der Waals surface area (Å²) in [4.78, 5) is 4.39. The Balaban J connectivity index is 2.19. The van der Waals surface area contributed by atoms with Gasteiger partial charge in [-0.1, -0.05) is 24.6 Å². The fourth-order valence-corrected chi connectivity index (χ4v) is 2.63. The van der Waals surface area contributed by atoms with E-state index < -0.39 is 0 Å². The summed E-state index contributed by atoms with van der Waals surface area (Å²) in [7, 11) is 0. The van der Waals surface area contributed by atoms with Gasteiger partial charge < -0.3 is 5.32 Å². The zero-order chi connectivity index (χ0) is 15.2. The lowest BCUT2D eigenvalue weighted by atomic mass is 10.0. The maximum Gasteiger partial charge on any atom is 0.137 e. The molecule has 0 spiro atoms. The molecule has 1 aromatic carbocycles. The van der Waals surface area contributed by atoms with Crippen molar-refractivity contribution in [1.29, 1.82) is 0 Å². The van der Waals surface area contributed by atoms with Crippen LogP contribution in [0.15, 0.2) is 41.0 Å². The Morgan fingerprint density at radius 3 is 2.76 bits per heavy atom. The third-order valence-corrected chi connectivity index (χ3v) is 4.00. The molecule has 2 nitrogen and oxygen atoms in total. The fraction of sp³-hybridized carbons (Fsp3) is 0.312. The van der Waals surface area contributed by atoms with Gasteiger partial charge in [0.1, 0.15) is 5.82 Å². The smallest absolute Gasteiger partial charge is 0.137 e. The lowest BCUT2D eigenvalue weighted by molar-refractivity contribution is 0.517. The Kier molecular flexibility index (Phi) is 6.15. The molecule has 1 aromatic heterocycles. The second-order valence-electron chi connectivity index (χ2n) is 4.86. The molecule has 1 heterocycles. The summed E-state index contributed by atoms with van der Waals surface area (Å²) in [5.41, 5.74) is 1.99. The fourth-order valence-electron chi connectivity index (χ4n) is 2.10. The first-order chi connectivity index (χ1) is 10.1. The Morgan fingerprint density at radius 2 is 2.14 bits per heavy atom. The van der Waals surface area contributed by atoms with Crippen LogP contribution in [0, 0.1) is 5.82 Å². The average molecular weight is 372 g/mol. The van der Waals surface area contributed by atoms with Crippen molar-refractivity contribution < 1.29 is 4.39 Å². The van der Waals surface area contributed by atoms with Gasteiger partial charge in [0.05, 0.1) is 21.2 Å². The summed E-state index contributed by atoms with van der Waals surface area (Å²) in [5.74, 6) is -0.249. The molecule has 1 unspecified atom stereocenters. The standard InChI is InChI=1S/C16H17BrClFN2/c1-2-7-20-16(15-6-4-12(18)10-21-15)9-11-3-5-14(19)13(17)8-11/h3-6,8,10,16,20H,2,7,9H2,1H3. The summed E-state index contributed by atoms with van der Waals surface area (Å²) in [5, 5.41) is 4.10. The maximum absolute atomic E-state index is 13.3. The number of rotatable bonds is 6. The van der Waals surface area contributed by atoms with Gasteiger partial charge in [0.15, 0.2) is 0 Å². The number of benzene rings is 1. The molecule has 0 amide bonds. The second-order valence-corrected chi connectivity index (χ2v) is 6.15.